The quantitative estimate of drug-likeness (QED) is 0.365. The highest BCUT2D eigenvalue weighted by atomic mass is 19.3. The Balaban J connectivity index is 1.55. The molecule has 0 saturated heterocycles. The summed E-state index contributed by atoms with van der Waals surface area (Å²) in [6.45, 7) is 6.90. The second-order valence-electron chi connectivity index (χ2n) is 7.27. The standard InChI is InChI=1S/C23H24F2N6O5/c1-4-33-17-10-14(11-18(34-5-2)19(17)35-6-3)29-22-27-12-26-21(31-22)28-13-7-8-16-15(9-13)30-20(32)23(24,25)36-16/h7-12H,4-6H2,1-3H3,(H,30,32)(H2,26,27,28,29,31). The lowest BCUT2D eigenvalue weighted by Crippen LogP contribution is -2.43. The van der Waals surface area contributed by atoms with Crippen LogP contribution in [0.15, 0.2) is 36.7 Å². The Morgan fingerprint density at radius 3 is 2.14 bits per heavy atom. The zero-order valence-electron chi connectivity index (χ0n) is 19.7. The number of rotatable bonds is 10. The Morgan fingerprint density at radius 1 is 0.917 bits per heavy atom. The summed E-state index contributed by atoms with van der Waals surface area (Å²) in [5, 5.41) is 8.13. The molecule has 2 aromatic carbocycles. The average Bonchev–Trinajstić information content (AvgIpc) is 2.83. The molecule has 2 heterocycles. The van der Waals surface area contributed by atoms with Crippen LogP contribution in [0.2, 0.25) is 0 Å². The van der Waals surface area contributed by atoms with E-state index in [1.165, 1.54) is 24.5 Å². The Morgan fingerprint density at radius 2 is 1.53 bits per heavy atom. The molecule has 0 bridgehead atoms. The minimum atomic E-state index is -3.93. The number of hydrogen-bond donors (Lipinski definition) is 3. The van der Waals surface area contributed by atoms with Gasteiger partial charge in [0.25, 0.3) is 0 Å². The number of alkyl halides is 2. The molecular formula is C23H24F2N6O5. The van der Waals surface area contributed by atoms with E-state index in [9.17, 15) is 13.6 Å². The van der Waals surface area contributed by atoms with Gasteiger partial charge in [-0.05, 0) is 39.0 Å². The largest absolute Gasteiger partial charge is 0.490 e. The highest BCUT2D eigenvalue weighted by Gasteiger charge is 2.46. The SMILES string of the molecule is CCOc1cc(Nc2ncnc(Nc3ccc4c(c3)NC(=O)C(F)(F)O4)n2)cc(OCC)c1OCC. The smallest absolute Gasteiger partial charge is 0.482 e. The van der Waals surface area contributed by atoms with Gasteiger partial charge in [0.05, 0.1) is 25.5 Å². The van der Waals surface area contributed by atoms with E-state index >= 15 is 0 Å². The minimum absolute atomic E-state index is 0.0876. The third-order valence-electron chi connectivity index (χ3n) is 4.72. The van der Waals surface area contributed by atoms with Crippen molar-refractivity contribution in [3.63, 3.8) is 0 Å². The summed E-state index contributed by atoms with van der Waals surface area (Å²) in [7, 11) is 0. The number of fused-ring (bicyclic) bond motifs is 1. The molecule has 0 fully saturated rings. The van der Waals surface area contributed by atoms with Gasteiger partial charge in [-0.2, -0.15) is 13.8 Å². The second-order valence-corrected chi connectivity index (χ2v) is 7.27. The second kappa shape index (κ2) is 10.5. The van der Waals surface area contributed by atoms with Gasteiger partial charge in [-0.1, -0.05) is 0 Å². The van der Waals surface area contributed by atoms with Crippen LogP contribution >= 0.6 is 0 Å². The van der Waals surface area contributed by atoms with E-state index in [-0.39, 0.29) is 23.3 Å². The van der Waals surface area contributed by atoms with Crippen molar-refractivity contribution in [2.45, 2.75) is 26.9 Å². The van der Waals surface area contributed by atoms with Gasteiger partial charge in [-0.25, -0.2) is 9.97 Å². The monoisotopic (exact) mass is 502 g/mol. The third kappa shape index (κ3) is 5.45. The molecule has 0 saturated carbocycles. The summed E-state index contributed by atoms with van der Waals surface area (Å²) in [6.07, 6.45) is -2.63. The lowest BCUT2D eigenvalue weighted by atomic mass is 10.2. The maximum Gasteiger partial charge on any atom is 0.482 e. The molecule has 4 rings (SSSR count). The van der Waals surface area contributed by atoms with Gasteiger partial charge in [-0.3, -0.25) is 4.79 Å². The molecule has 1 aliphatic heterocycles. The first-order valence-electron chi connectivity index (χ1n) is 11.1. The Bertz CT molecular complexity index is 1230. The van der Waals surface area contributed by atoms with Crippen LogP contribution in [0.5, 0.6) is 23.0 Å². The van der Waals surface area contributed by atoms with Crippen LogP contribution in [-0.2, 0) is 4.79 Å². The number of ether oxygens (including phenoxy) is 4. The topological polar surface area (TPSA) is 129 Å². The van der Waals surface area contributed by atoms with Crippen molar-refractivity contribution in [2.24, 2.45) is 0 Å². The number of nitrogens with one attached hydrogen (secondary N) is 3. The fraction of sp³-hybridized carbons (Fsp3) is 0.304. The van der Waals surface area contributed by atoms with Crippen molar-refractivity contribution in [3.8, 4) is 23.0 Å². The molecule has 0 radical (unpaired) electrons. The van der Waals surface area contributed by atoms with E-state index in [1.807, 2.05) is 20.8 Å². The maximum absolute atomic E-state index is 13.4. The van der Waals surface area contributed by atoms with Gasteiger partial charge in [0.1, 0.15) is 6.33 Å². The summed E-state index contributed by atoms with van der Waals surface area (Å²) in [5.41, 5.74) is 1.11. The molecule has 0 aliphatic carbocycles. The van der Waals surface area contributed by atoms with E-state index < -0.39 is 12.0 Å². The van der Waals surface area contributed by atoms with Crippen molar-refractivity contribution in [3.05, 3.63) is 36.7 Å². The van der Waals surface area contributed by atoms with Gasteiger partial charge in [0.15, 0.2) is 17.2 Å². The minimum Gasteiger partial charge on any atom is -0.490 e. The number of hydrogen-bond acceptors (Lipinski definition) is 10. The fourth-order valence-electron chi connectivity index (χ4n) is 3.31. The summed E-state index contributed by atoms with van der Waals surface area (Å²) >= 11 is 0. The van der Waals surface area contributed by atoms with Crippen LogP contribution in [0.25, 0.3) is 0 Å². The van der Waals surface area contributed by atoms with Crippen molar-refractivity contribution in [1.82, 2.24) is 15.0 Å². The van der Waals surface area contributed by atoms with E-state index in [1.54, 1.807) is 12.1 Å². The first kappa shape index (κ1) is 24.7. The molecule has 3 N–H and O–H groups in total. The molecule has 11 nitrogen and oxygen atoms in total. The molecule has 3 aromatic rings. The Labute approximate surface area is 205 Å². The molecule has 0 spiro atoms. The van der Waals surface area contributed by atoms with Crippen LogP contribution < -0.4 is 34.9 Å². The molecule has 0 atom stereocenters. The van der Waals surface area contributed by atoms with Crippen LogP contribution in [-0.4, -0.2) is 46.8 Å². The molecule has 190 valence electrons. The Hall–Kier alpha value is -4.42. The predicted molar refractivity (Wildman–Crippen MR) is 127 cm³/mol. The normalized spacial score (nSPS) is 13.6. The first-order chi connectivity index (χ1) is 17.3. The fourth-order valence-corrected chi connectivity index (χ4v) is 3.31. The van der Waals surface area contributed by atoms with Crippen molar-refractivity contribution in [1.29, 1.82) is 0 Å². The van der Waals surface area contributed by atoms with Gasteiger partial charge in [0.2, 0.25) is 17.6 Å². The van der Waals surface area contributed by atoms with E-state index in [0.717, 1.165) is 0 Å². The zero-order chi connectivity index (χ0) is 25.7. The molecular weight excluding hydrogens is 478 g/mol. The number of amides is 1. The molecule has 36 heavy (non-hydrogen) atoms. The summed E-state index contributed by atoms with van der Waals surface area (Å²) < 4.78 is 48.5. The summed E-state index contributed by atoms with van der Waals surface area (Å²) in [6, 6.07) is 7.70. The third-order valence-corrected chi connectivity index (χ3v) is 4.72. The number of carbonyl (C=O) groups excluding carboxylic acids is 1. The van der Waals surface area contributed by atoms with Crippen molar-refractivity contribution < 1.29 is 32.5 Å². The predicted octanol–water partition coefficient (Wildman–Crippen LogP) is 4.48. The average molecular weight is 502 g/mol. The number of carbonyl (C=O) groups is 1. The van der Waals surface area contributed by atoms with Crippen LogP contribution in [0.3, 0.4) is 0 Å². The van der Waals surface area contributed by atoms with Gasteiger partial charge < -0.3 is 34.9 Å². The summed E-state index contributed by atoms with van der Waals surface area (Å²) in [5.74, 6) is 0.192. The van der Waals surface area contributed by atoms with E-state index in [4.69, 9.17) is 14.2 Å². The van der Waals surface area contributed by atoms with Crippen LogP contribution in [0, 0.1) is 0 Å². The van der Waals surface area contributed by atoms with E-state index in [0.29, 0.717) is 48.4 Å². The Kier molecular flexibility index (Phi) is 7.17. The molecule has 1 aromatic heterocycles. The molecule has 13 heteroatoms. The number of anilines is 5. The van der Waals surface area contributed by atoms with E-state index in [2.05, 4.69) is 35.6 Å². The van der Waals surface area contributed by atoms with Crippen LogP contribution in [0.1, 0.15) is 20.8 Å². The number of aromatic nitrogens is 3. The zero-order valence-corrected chi connectivity index (χ0v) is 19.7. The summed E-state index contributed by atoms with van der Waals surface area (Å²) in [4.78, 5) is 24.0. The van der Waals surface area contributed by atoms with Gasteiger partial charge in [0, 0.05) is 23.5 Å². The lowest BCUT2D eigenvalue weighted by Gasteiger charge is -2.25. The number of benzene rings is 2. The highest BCUT2D eigenvalue weighted by molar-refractivity contribution is 5.99. The number of nitrogens with zero attached hydrogens (tertiary/aromatic N) is 3. The maximum atomic E-state index is 13.4. The van der Waals surface area contributed by atoms with Gasteiger partial charge >= 0.3 is 12.0 Å². The molecule has 1 aliphatic rings. The molecule has 0 unspecified atom stereocenters. The van der Waals surface area contributed by atoms with Crippen molar-refractivity contribution >= 4 is 34.9 Å². The number of halogens is 2. The van der Waals surface area contributed by atoms with Crippen LogP contribution in [0.4, 0.5) is 37.7 Å². The van der Waals surface area contributed by atoms with Gasteiger partial charge in [-0.15, -0.1) is 0 Å². The molecule has 1 amide bonds. The first-order valence-corrected chi connectivity index (χ1v) is 11.1. The lowest BCUT2D eigenvalue weighted by molar-refractivity contribution is -0.189. The van der Waals surface area contributed by atoms with Crippen molar-refractivity contribution in [2.75, 3.05) is 35.8 Å². The highest BCUT2D eigenvalue weighted by Crippen LogP contribution is 2.41.